The van der Waals surface area contributed by atoms with Crippen molar-refractivity contribution in [3.63, 3.8) is 0 Å². The topological polar surface area (TPSA) is 68.3 Å². The molecule has 0 aliphatic rings. The van der Waals surface area contributed by atoms with Crippen LogP contribution in [0.5, 0.6) is 0 Å². The molecule has 2 heterocycles. The summed E-state index contributed by atoms with van der Waals surface area (Å²) in [7, 11) is 1.35. The number of benzene rings is 1. The Morgan fingerprint density at radius 1 is 1.18 bits per heavy atom. The number of rotatable bonds is 3. The summed E-state index contributed by atoms with van der Waals surface area (Å²) < 4.78 is 5.67. The lowest BCUT2D eigenvalue weighted by Crippen LogP contribution is -2.13. The van der Waals surface area contributed by atoms with Gasteiger partial charge in [0.25, 0.3) is 5.91 Å². The Hall–Kier alpha value is -2.73. The Labute approximate surface area is 130 Å². The molecule has 1 aromatic carbocycles. The van der Waals surface area contributed by atoms with Gasteiger partial charge in [-0.2, -0.15) is 0 Å². The number of ether oxygens (including phenoxy) is 1. The van der Waals surface area contributed by atoms with Crippen LogP contribution >= 0.6 is 11.3 Å². The number of anilines is 1. The van der Waals surface area contributed by atoms with Crippen LogP contribution in [0.2, 0.25) is 0 Å². The highest BCUT2D eigenvalue weighted by molar-refractivity contribution is 7.20. The molecule has 0 saturated heterocycles. The quantitative estimate of drug-likeness (QED) is 0.753. The number of aromatic nitrogens is 1. The van der Waals surface area contributed by atoms with Gasteiger partial charge in [0.1, 0.15) is 10.6 Å². The van der Waals surface area contributed by atoms with Crippen LogP contribution in [-0.2, 0) is 4.74 Å². The third-order valence-corrected chi connectivity index (χ3v) is 4.15. The van der Waals surface area contributed by atoms with Crippen LogP contribution in [-0.4, -0.2) is 24.0 Å². The van der Waals surface area contributed by atoms with Crippen molar-refractivity contribution in [2.24, 2.45) is 0 Å². The fraction of sp³-hybridized carbons (Fsp3) is 0.0625. The van der Waals surface area contributed by atoms with E-state index in [-0.39, 0.29) is 11.9 Å². The Kier molecular flexibility index (Phi) is 3.84. The number of hydrogen-bond donors (Lipinski definition) is 1. The van der Waals surface area contributed by atoms with Crippen molar-refractivity contribution in [2.75, 3.05) is 12.4 Å². The molecule has 0 bridgehead atoms. The van der Waals surface area contributed by atoms with E-state index < -0.39 is 0 Å². The van der Waals surface area contributed by atoms with Crippen molar-refractivity contribution < 1.29 is 14.3 Å². The first kappa shape index (κ1) is 14.2. The monoisotopic (exact) mass is 312 g/mol. The minimum absolute atomic E-state index is 0.275. The second-order valence-corrected chi connectivity index (χ2v) is 5.61. The fourth-order valence-corrected chi connectivity index (χ4v) is 2.98. The number of nitrogens with zero attached hydrogens (tertiary/aromatic N) is 1. The van der Waals surface area contributed by atoms with Crippen molar-refractivity contribution in [1.82, 2.24) is 4.98 Å². The number of esters is 1. The van der Waals surface area contributed by atoms with E-state index in [0.717, 1.165) is 10.1 Å². The van der Waals surface area contributed by atoms with Crippen LogP contribution in [0.25, 0.3) is 10.1 Å². The second kappa shape index (κ2) is 5.95. The molecule has 0 aliphatic heterocycles. The van der Waals surface area contributed by atoms with Crippen molar-refractivity contribution in [1.29, 1.82) is 0 Å². The molecule has 1 N–H and O–H groups in total. The van der Waals surface area contributed by atoms with Crippen LogP contribution in [0.1, 0.15) is 20.2 Å². The first-order valence-electron chi connectivity index (χ1n) is 6.51. The molecule has 0 aliphatic carbocycles. The second-order valence-electron chi connectivity index (χ2n) is 4.52. The standard InChI is InChI=1S/C16H12N2O3S/c1-21-16(20)14-9-10-8-11(5-6-13(10)22-14)18-15(19)12-4-2-3-7-17-12/h2-9H,1H3,(H,18,19). The van der Waals surface area contributed by atoms with E-state index in [4.69, 9.17) is 4.74 Å². The molecule has 2 aromatic heterocycles. The van der Waals surface area contributed by atoms with Gasteiger partial charge in [0.05, 0.1) is 7.11 Å². The van der Waals surface area contributed by atoms with Crippen LogP contribution in [0, 0.1) is 0 Å². The van der Waals surface area contributed by atoms with Crippen LogP contribution in [0.15, 0.2) is 48.7 Å². The molecule has 110 valence electrons. The summed E-state index contributed by atoms with van der Waals surface area (Å²) in [5, 5.41) is 3.67. The Morgan fingerprint density at radius 2 is 2.05 bits per heavy atom. The van der Waals surface area contributed by atoms with Crippen molar-refractivity contribution >= 4 is 39.0 Å². The largest absolute Gasteiger partial charge is 0.465 e. The summed E-state index contributed by atoms with van der Waals surface area (Å²) in [5.41, 5.74) is 1.00. The van der Waals surface area contributed by atoms with E-state index in [1.165, 1.54) is 18.4 Å². The molecule has 0 saturated carbocycles. The summed E-state index contributed by atoms with van der Waals surface area (Å²) in [4.78, 5) is 28.1. The number of carbonyl (C=O) groups excluding carboxylic acids is 2. The van der Waals surface area contributed by atoms with Gasteiger partial charge in [0.15, 0.2) is 0 Å². The number of nitrogens with one attached hydrogen (secondary N) is 1. The predicted octanol–water partition coefficient (Wildman–Crippen LogP) is 3.34. The van der Waals surface area contributed by atoms with Gasteiger partial charge in [-0.15, -0.1) is 11.3 Å². The molecule has 0 unspecified atom stereocenters. The number of pyridine rings is 1. The van der Waals surface area contributed by atoms with Gasteiger partial charge in [-0.25, -0.2) is 4.79 Å². The van der Waals surface area contributed by atoms with Gasteiger partial charge in [0.2, 0.25) is 0 Å². The molecule has 0 atom stereocenters. The van der Waals surface area contributed by atoms with E-state index in [1.807, 2.05) is 12.1 Å². The number of hydrogen-bond acceptors (Lipinski definition) is 5. The molecule has 3 rings (SSSR count). The first-order chi connectivity index (χ1) is 10.7. The van der Waals surface area contributed by atoms with Gasteiger partial charge in [0, 0.05) is 16.6 Å². The molecule has 5 nitrogen and oxygen atoms in total. The molecule has 6 heteroatoms. The maximum Gasteiger partial charge on any atom is 0.348 e. The average Bonchev–Trinajstić information content (AvgIpc) is 2.98. The smallest absolute Gasteiger partial charge is 0.348 e. The van der Waals surface area contributed by atoms with Gasteiger partial charge in [-0.05, 0) is 41.8 Å². The highest BCUT2D eigenvalue weighted by atomic mass is 32.1. The highest BCUT2D eigenvalue weighted by Gasteiger charge is 2.12. The van der Waals surface area contributed by atoms with Crippen LogP contribution < -0.4 is 5.32 Å². The summed E-state index contributed by atoms with van der Waals surface area (Å²) in [6, 6.07) is 12.4. The van der Waals surface area contributed by atoms with E-state index in [0.29, 0.717) is 16.3 Å². The third kappa shape index (κ3) is 2.82. The zero-order valence-corrected chi connectivity index (χ0v) is 12.5. The minimum Gasteiger partial charge on any atom is -0.465 e. The van der Waals surface area contributed by atoms with Crippen molar-refractivity contribution in [3.05, 3.63) is 59.2 Å². The van der Waals surface area contributed by atoms with Crippen molar-refractivity contribution in [2.45, 2.75) is 0 Å². The third-order valence-electron chi connectivity index (χ3n) is 3.06. The molecule has 0 spiro atoms. The number of amides is 1. The number of thiophene rings is 1. The lowest BCUT2D eigenvalue weighted by atomic mass is 10.2. The van der Waals surface area contributed by atoms with Gasteiger partial charge < -0.3 is 10.1 Å². The zero-order valence-electron chi connectivity index (χ0n) is 11.7. The predicted molar refractivity (Wildman–Crippen MR) is 85.4 cm³/mol. The average molecular weight is 312 g/mol. The molecule has 0 radical (unpaired) electrons. The fourth-order valence-electron chi connectivity index (χ4n) is 2.01. The molecule has 3 aromatic rings. The molecular formula is C16H12N2O3S. The maximum absolute atomic E-state index is 12.1. The van der Waals surface area contributed by atoms with Gasteiger partial charge in [-0.3, -0.25) is 9.78 Å². The summed E-state index contributed by atoms with van der Waals surface area (Å²) >= 11 is 1.35. The van der Waals surface area contributed by atoms with Crippen LogP contribution in [0.3, 0.4) is 0 Å². The Balaban J connectivity index is 1.86. The Morgan fingerprint density at radius 3 is 2.77 bits per heavy atom. The number of methoxy groups -OCH3 is 1. The minimum atomic E-state index is -0.361. The SMILES string of the molecule is COC(=O)c1cc2cc(NC(=O)c3ccccn3)ccc2s1. The van der Waals surface area contributed by atoms with E-state index in [1.54, 1.807) is 36.5 Å². The van der Waals surface area contributed by atoms with E-state index >= 15 is 0 Å². The van der Waals surface area contributed by atoms with Gasteiger partial charge >= 0.3 is 5.97 Å². The maximum atomic E-state index is 12.1. The molecular weight excluding hydrogens is 300 g/mol. The lowest BCUT2D eigenvalue weighted by molar-refractivity contribution is 0.0606. The summed E-state index contributed by atoms with van der Waals surface area (Å²) in [5.74, 6) is -0.636. The summed E-state index contributed by atoms with van der Waals surface area (Å²) in [6.07, 6.45) is 1.57. The normalized spacial score (nSPS) is 10.4. The van der Waals surface area contributed by atoms with E-state index in [9.17, 15) is 9.59 Å². The molecule has 1 amide bonds. The van der Waals surface area contributed by atoms with Crippen LogP contribution in [0.4, 0.5) is 5.69 Å². The van der Waals surface area contributed by atoms with Gasteiger partial charge in [-0.1, -0.05) is 6.07 Å². The molecule has 22 heavy (non-hydrogen) atoms. The number of fused-ring (bicyclic) bond motifs is 1. The lowest BCUT2D eigenvalue weighted by Gasteiger charge is -2.04. The Bertz CT molecular complexity index is 843. The first-order valence-corrected chi connectivity index (χ1v) is 7.33. The van der Waals surface area contributed by atoms with Crippen molar-refractivity contribution in [3.8, 4) is 0 Å². The molecule has 0 fully saturated rings. The highest BCUT2D eigenvalue weighted by Crippen LogP contribution is 2.28. The number of carbonyl (C=O) groups is 2. The summed E-state index contributed by atoms with van der Waals surface area (Å²) in [6.45, 7) is 0. The zero-order chi connectivity index (χ0) is 15.5. The van der Waals surface area contributed by atoms with E-state index in [2.05, 4.69) is 10.3 Å².